The lowest BCUT2D eigenvalue weighted by Gasteiger charge is -2.17. The summed E-state index contributed by atoms with van der Waals surface area (Å²) >= 11 is 6.27. The monoisotopic (exact) mass is 294 g/mol. The van der Waals surface area contributed by atoms with Crippen molar-refractivity contribution in [1.82, 2.24) is 9.88 Å². The summed E-state index contributed by atoms with van der Waals surface area (Å²) in [5, 5.41) is 1.60. The number of fused-ring (bicyclic) bond motifs is 1. The van der Waals surface area contributed by atoms with Crippen molar-refractivity contribution in [3.8, 4) is 5.75 Å². The van der Waals surface area contributed by atoms with E-state index in [4.69, 9.17) is 21.1 Å². The Bertz CT molecular complexity index is 589. The van der Waals surface area contributed by atoms with Crippen LogP contribution >= 0.6 is 11.6 Å². The molecule has 0 aliphatic rings. The fourth-order valence-electron chi connectivity index (χ4n) is 2.02. The third kappa shape index (κ3) is 3.60. The molecule has 108 valence electrons. The van der Waals surface area contributed by atoms with E-state index in [1.54, 1.807) is 14.2 Å². The summed E-state index contributed by atoms with van der Waals surface area (Å²) in [7, 11) is 5.38. The van der Waals surface area contributed by atoms with E-state index in [-0.39, 0.29) is 0 Å². The second kappa shape index (κ2) is 6.88. The zero-order valence-electron chi connectivity index (χ0n) is 12.0. The van der Waals surface area contributed by atoms with Crippen LogP contribution in [0.5, 0.6) is 5.75 Å². The first-order valence-electron chi connectivity index (χ1n) is 6.44. The zero-order valence-corrected chi connectivity index (χ0v) is 12.8. The number of hydrogen-bond acceptors (Lipinski definition) is 4. The molecule has 0 amide bonds. The Labute approximate surface area is 124 Å². The summed E-state index contributed by atoms with van der Waals surface area (Å²) in [6.07, 6.45) is 0. The number of benzene rings is 1. The lowest BCUT2D eigenvalue weighted by molar-refractivity contribution is 0.158. The van der Waals surface area contributed by atoms with Crippen LogP contribution in [-0.4, -0.2) is 44.3 Å². The van der Waals surface area contributed by atoms with Crippen LogP contribution in [0.25, 0.3) is 10.9 Å². The number of hydrogen-bond donors (Lipinski definition) is 0. The molecule has 4 nitrogen and oxygen atoms in total. The van der Waals surface area contributed by atoms with E-state index in [9.17, 15) is 0 Å². The molecule has 0 N–H and O–H groups in total. The molecular formula is C15H19ClN2O2. The molecule has 0 atom stereocenters. The highest BCUT2D eigenvalue weighted by Gasteiger charge is 2.08. The van der Waals surface area contributed by atoms with Gasteiger partial charge in [0.2, 0.25) is 0 Å². The SMILES string of the molecule is COCCN(C)Cc1cc2ccc(OC)cc2nc1Cl. The standard InChI is InChI=1S/C15H19ClN2O2/c1-18(6-7-19-2)10-12-8-11-4-5-13(20-3)9-14(11)17-15(12)16/h4-5,8-9H,6-7,10H2,1-3H3. The quantitative estimate of drug-likeness (QED) is 0.767. The summed E-state index contributed by atoms with van der Waals surface area (Å²) in [4.78, 5) is 6.60. The zero-order chi connectivity index (χ0) is 14.5. The maximum Gasteiger partial charge on any atom is 0.134 e. The van der Waals surface area contributed by atoms with Crippen LogP contribution in [0.2, 0.25) is 5.15 Å². The van der Waals surface area contributed by atoms with E-state index in [1.165, 1.54) is 0 Å². The first-order chi connectivity index (χ1) is 9.63. The first-order valence-corrected chi connectivity index (χ1v) is 6.82. The third-order valence-electron chi connectivity index (χ3n) is 3.17. The number of nitrogens with zero attached hydrogens (tertiary/aromatic N) is 2. The topological polar surface area (TPSA) is 34.6 Å². The predicted molar refractivity (Wildman–Crippen MR) is 81.5 cm³/mol. The Morgan fingerprint density at radius 3 is 2.75 bits per heavy atom. The summed E-state index contributed by atoms with van der Waals surface area (Å²) in [5.41, 5.74) is 1.86. The molecule has 1 aromatic carbocycles. The second-order valence-corrected chi connectivity index (χ2v) is 5.09. The van der Waals surface area contributed by atoms with E-state index < -0.39 is 0 Å². The fourth-order valence-corrected chi connectivity index (χ4v) is 2.23. The average Bonchev–Trinajstić information content (AvgIpc) is 2.45. The van der Waals surface area contributed by atoms with Gasteiger partial charge in [0.05, 0.1) is 19.2 Å². The Hall–Kier alpha value is -1.36. The summed E-state index contributed by atoms with van der Waals surface area (Å²) in [5.74, 6) is 0.783. The van der Waals surface area contributed by atoms with Crippen LogP contribution < -0.4 is 4.74 Å². The van der Waals surface area contributed by atoms with Gasteiger partial charge in [0.25, 0.3) is 0 Å². The van der Waals surface area contributed by atoms with Gasteiger partial charge >= 0.3 is 0 Å². The van der Waals surface area contributed by atoms with Crippen LogP contribution in [0.15, 0.2) is 24.3 Å². The summed E-state index contributed by atoms with van der Waals surface area (Å²) < 4.78 is 10.3. The average molecular weight is 295 g/mol. The van der Waals surface area contributed by atoms with Crippen molar-refractivity contribution in [3.63, 3.8) is 0 Å². The van der Waals surface area contributed by atoms with Crippen LogP contribution in [-0.2, 0) is 11.3 Å². The molecule has 2 aromatic rings. The van der Waals surface area contributed by atoms with Gasteiger partial charge < -0.3 is 9.47 Å². The van der Waals surface area contributed by atoms with Crippen LogP contribution in [0, 0.1) is 0 Å². The van der Waals surface area contributed by atoms with Gasteiger partial charge in [0.1, 0.15) is 10.9 Å². The lowest BCUT2D eigenvalue weighted by Crippen LogP contribution is -2.22. The summed E-state index contributed by atoms with van der Waals surface area (Å²) in [6.45, 7) is 2.30. The van der Waals surface area contributed by atoms with Gasteiger partial charge in [-0.25, -0.2) is 4.98 Å². The maximum atomic E-state index is 6.27. The minimum atomic E-state index is 0.537. The molecule has 5 heteroatoms. The van der Waals surface area contributed by atoms with Crippen molar-refractivity contribution in [2.24, 2.45) is 0 Å². The molecule has 0 fully saturated rings. The highest BCUT2D eigenvalue weighted by molar-refractivity contribution is 6.30. The van der Waals surface area contributed by atoms with E-state index in [2.05, 4.69) is 16.0 Å². The Morgan fingerprint density at radius 1 is 1.25 bits per heavy atom. The molecule has 0 aliphatic heterocycles. The molecule has 0 radical (unpaired) electrons. The molecule has 2 rings (SSSR count). The normalized spacial score (nSPS) is 11.2. The van der Waals surface area contributed by atoms with E-state index in [0.29, 0.717) is 11.8 Å². The number of rotatable bonds is 6. The van der Waals surface area contributed by atoms with Gasteiger partial charge in [-0.15, -0.1) is 0 Å². The van der Waals surface area contributed by atoms with E-state index in [0.717, 1.165) is 35.3 Å². The van der Waals surface area contributed by atoms with Gasteiger partial charge in [-0.1, -0.05) is 11.6 Å². The minimum absolute atomic E-state index is 0.537. The van der Waals surface area contributed by atoms with Crippen molar-refractivity contribution in [1.29, 1.82) is 0 Å². The molecule has 0 bridgehead atoms. The highest BCUT2D eigenvalue weighted by Crippen LogP contribution is 2.24. The van der Waals surface area contributed by atoms with Crippen molar-refractivity contribution < 1.29 is 9.47 Å². The molecule has 0 saturated carbocycles. The van der Waals surface area contributed by atoms with Crippen LogP contribution in [0.1, 0.15) is 5.56 Å². The number of halogens is 1. The molecule has 0 spiro atoms. The van der Waals surface area contributed by atoms with Gasteiger partial charge in [-0.05, 0) is 25.2 Å². The smallest absolute Gasteiger partial charge is 0.134 e. The molecule has 0 aliphatic carbocycles. The largest absolute Gasteiger partial charge is 0.497 e. The van der Waals surface area contributed by atoms with Crippen LogP contribution in [0.4, 0.5) is 0 Å². The Balaban J connectivity index is 2.24. The van der Waals surface area contributed by atoms with Gasteiger partial charge in [0, 0.05) is 37.2 Å². The molecule has 20 heavy (non-hydrogen) atoms. The van der Waals surface area contributed by atoms with Gasteiger partial charge in [0.15, 0.2) is 0 Å². The predicted octanol–water partition coefficient (Wildman–Crippen LogP) is 2.98. The van der Waals surface area contributed by atoms with Crippen molar-refractivity contribution in [3.05, 3.63) is 35.0 Å². The third-order valence-corrected chi connectivity index (χ3v) is 3.50. The molecule has 1 aromatic heterocycles. The number of aromatic nitrogens is 1. The number of pyridine rings is 1. The van der Waals surface area contributed by atoms with Crippen molar-refractivity contribution in [2.45, 2.75) is 6.54 Å². The molecular weight excluding hydrogens is 276 g/mol. The molecule has 0 saturated heterocycles. The lowest BCUT2D eigenvalue weighted by atomic mass is 10.1. The first kappa shape index (κ1) is 15.0. The van der Waals surface area contributed by atoms with Crippen molar-refractivity contribution in [2.75, 3.05) is 34.4 Å². The summed E-state index contributed by atoms with van der Waals surface area (Å²) in [6, 6.07) is 7.89. The fraction of sp³-hybridized carbons (Fsp3) is 0.400. The van der Waals surface area contributed by atoms with Gasteiger partial charge in [-0.2, -0.15) is 0 Å². The Kier molecular flexibility index (Phi) is 5.17. The minimum Gasteiger partial charge on any atom is -0.497 e. The molecule has 0 unspecified atom stereocenters. The van der Waals surface area contributed by atoms with E-state index in [1.807, 2.05) is 25.2 Å². The molecule has 1 heterocycles. The van der Waals surface area contributed by atoms with Gasteiger partial charge in [-0.3, -0.25) is 4.90 Å². The number of ether oxygens (including phenoxy) is 2. The second-order valence-electron chi connectivity index (χ2n) is 4.73. The van der Waals surface area contributed by atoms with Crippen LogP contribution in [0.3, 0.4) is 0 Å². The maximum absolute atomic E-state index is 6.27. The van der Waals surface area contributed by atoms with Crippen molar-refractivity contribution >= 4 is 22.5 Å². The number of methoxy groups -OCH3 is 2. The Morgan fingerprint density at radius 2 is 2.05 bits per heavy atom. The highest BCUT2D eigenvalue weighted by atomic mass is 35.5. The van der Waals surface area contributed by atoms with E-state index >= 15 is 0 Å². The number of likely N-dealkylation sites (N-methyl/N-ethyl adjacent to an activating group) is 1.